The van der Waals surface area contributed by atoms with E-state index in [0.717, 1.165) is 4.31 Å². The molecule has 0 fully saturated rings. The zero-order chi connectivity index (χ0) is 15.4. The van der Waals surface area contributed by atoms with E-state index in [9.17, 15) is 13.2 Å². The molecule has 3 aromatic rings. The molecule has 0 aliphatic carbocycles. The summed E-state index contributed by atoms with van der Waals surface area (Å²) >= 11 is 0. The summed E-state index contributed by atoms with van der Waals surface area (Å²) < 4.78 is 26.6. The minimum atomic E-state index is -3.58. The summed E-state index contributed by atoms with van der Waals surface area (Å²) in [6, 6.07) is 6.20. The largest absolute Gasteiger partial charge is 0.339 e. The van der Waals surface area contributed by atoms with Crippen molar-refractivity contribution in [1.82, 2.24) is 18.9 Å². The number of rotatable bonds is 2. The molecule has 2 heterocycles. The van der Waals surface area contributed by atoms with Gasteiger partial charge in [0.05, 0.1) is 21.5 Å². The van der Waals surface area contributed by atoms with Crippen molar-refractivity contribution < 1.29 is 8.42 Å². The average Bonchev–Trinajstić information content (AvgIpc) is 2.79. The Morgan fingerprint density at radius 3 is 2.62 bits per heavy atom. The molecule has 0 aliphatic heterocycles. The minimum Gasteiger partial charge on any atom is -0.339 e. The molecular formula is C13H14N4O3S. The van der Waals surface area contributed by atoms with Crippen molar-refractivity contribution in [3.8, 4) is 0 Å². The summed E-state index contributed by atoms with van der Waals surface area (Å²) in [6.45, 7) is 1.78. The van der Waals surface area contributed by atoms with Gasteiger partial charge < -0.3 is 4.98 Å². The molecule has 0 bridgehead atoms. The Balaban J connectivity index is 2.39. The SMILES string of the molecule is Cc1cc2[nH]c3ccc(S(=O)(=O)N(C)C)cc3c(=O)n2n1. The van der Waals surface area contributed by atoms with Crippen molar-refractivity contribution in [3.05, 3.63) is 40.3 Å². The third kappa shape index (κ3) is 2.03. The number of sulfonamides is 1. The summed E-state index contributed by atoms with van der Waals surface area (Å²) in [5.41, 5.74) is 1.51. The lowest BCUT2D eigenvalue weighted by Gasteiger charge is -2.11. The maximum Gasteiger partial charge on any atom is 0.282 e. The Morgan fingerprint density at radius 1 is 1.24 bits per heavy atom. The van der Waals surface area contributed by atoms with Gasteiger partial charge in [-0.25, -0.2) is 12.7 Å². The fourth-order valence-corrected chi connectivity index (χ4v) is 3.10. The first-order valence-corrected chi connectivity index (χ1v) is 7.69. The van der Waals surface area contributed by atoms with E-state index in [1.165, 1.54) is 30.7 Å². The van der Waals surface area contributed by atoms with Crippen LogP contribution in [0, 0.1) is 6.92 Å². The van der Waals surface area contributed by atoms with Gasteiger partial charge in [0.2, 0.25) is 10.0 Å². The van der Waals surface area contributed by atoms with Gasteiger partial charge in [-0.1, -0.05) is 0 Å². The van der Waals surface area contributed by atoms with Gasteiger partial charge in [-0.3, -0.25) is 4.79 Å². The van der Waals surface area contributed by atoms with E-state index in [2.05, 4.69) is 10.1 Å². The number of aryl methyl sites for hydroxylation is 1. The average molecular weight is 306 g/mol. The van der Waals surface area contributed by atoms with E-state index >= 15 is 0 Å². The predicted molar refractivity (Wildman–Crippen MR) is 78.9 cm³/mol. The molecule has 7 nitrogen and oxygen atoms in total. The Bertz CT molecular complexity index is 1010. The molecule has 0 saturated carbocycles. The smallest absolute Gasteiger partial charge is 0.282 e. The summed E-state index contributed by atoms with van der Waals surface area (Å²) in [4.78, 5) is 15.6. The third-order valence-corrected chi connectivity index (χ3v) is 5.10. The molecule has 0 spiro atoms. The lowest BCUT2D eigenvalue weighted by Crippen LogP contribution is -2.23. The van der Waals surface area contributed by atoms with Crippen molar-refractivity contribution in [2.24, 2.45) is 0 Å². The van der Waals surface area contributed by atoms with Gasteiger partial charge in [-0.15, -0.1) is 0 Å². The van der Waals surface area contributed by atoms with Crippen LogP contribution in [0.5, 0.6) is 0 Å². The second-order valence-electron chi connectivity index (χ2n) is 5.01. The molecule has 1 N–H and O–H groups in total. The van der Waals surface area contributed by atoms with Gasteiger partial charge in [0.1, 0.15) is 5.65 Å². The first-order chi connectivity index (χ1) is 9.80. The number of nitrogens with zero attached hydrogens (tertiary/aromatic N) is 3. The van der Waals surface area contributed by atoms with Crippen molar-refractivity contribution in [1.29, 1.82) is 0 Å². The van der Waals surface area contributed by atoms with Gasteiger partial charge >= 0.3 is 0 Å². The molecular weight excluding hydrogens is 292 g/mol. The number of H-pyrrole nitrogens is 1. The van der Waals surface area contributed by atoms with Crippen LogP contribution >= 0.6 is 0 Å². The van der Waals surface area contributed by atoms with Crippen LogP contribution in [0.4, 0.5) is 0 Å². The zero-order valence-electron chi connectivity index (χ0n) is 11.8. The van der Waals surface area contributed by atoms with Gasteiger partial charge in [0, 0.05) is 20.2 Å². The molecule has 0 atom stereocenters. The molecule has 0 radical (unpaired) electrons. The maximum atomic E-state index is 12.4. The second-order valence-corrected chi connectivity index (χ2v) is 7.16. The molecule has 0 unspecified atom stereocenters. The van der Waals surface area contributed by atoms with Crippen molar-refractivity contribution >= 4 is 26.6 Å². The summed E-state index contributed by atoms with van der Waals surface area (Å²) in [7, 11) is -0.686. The van der Waals surface area contributed by atoms with Crippen LogP contribution < -0.4 is 5.56 Å². The first kappa shape index (κ1) is 13.8. The molecule has 110 valence electrons. The highest BCUT2D eigenvalue weighted by molar-refractivity contribution is 7.89. The number of hydrogen-bond donors (Lipinski definition) is 1. The van der Waals surface area contributed by atoms with E-state index in [4.69, 9.17) is 0 Å². The zero-order valence-corrected chi connectivity index (χ0v) is 12.6. The lowest BCUT2D eigenvalue weighted by molar-refractivity contribution is 0.521. The normalized spacial score (nSPS) is 12.6. The van der Waals surface area contributed by atoms with Gasteiger partial charge in [-0.2, -0.15) is 9.61 Å². The topological polar surface area (TPSA) is 87.5 Å². The van der Waals surface area contributed by atoms with E-state index in [1.807, 2.05) is 0 Å². The van der Waals surface area contributed by atoms with Crippen LogP contribution in [-0.2, 0) is 10.0 Å². The van der Waals surface area contributed by atoms with Gasteiger partial charge in [0.15, 0.2) is 0 Å². The second kappa shape index (κ2) is 4.40. The number of nitrogens with one attached hydrogen (secondary N) is 1. The lowest BCUT2D eigenvalue weighted by atomic mass is 10.2. The molecule has 1 aromatic carbocycles. The fraction of sp³-hybridized carbons (Fsp3) is 0.231. The van der Waals surface area contributed by atoms with Crippen LogP contribution in [0.1, 0.15) is 5.69 Å². The van der Waals surface area contributed by atoms with E-state index < -0.39 is 10.0 Å². The highest BCUT2D eigenvalue weighted by atomic mass is 32.2. The molecule has 0 aliphatic rings. The molecule has 3 rings (SSSR count). The minimum absolute atomic E-state index is 0.0775. The van der Waals surface area contributed by atoms with Crippen molar-refractivity contribution in [2.45, 2.75) is 11.8 Å². The van der Waals surface area contributed by atoms with E-state index in [1.54, 1.807) is 19.1 Å². The standard InChI is InChI=1S/C13H14N4O3S/c1-8-6-12-14-11-5-4-9(21(19,20)16(2)3)7-10(11)13(18)17(12)15-8/h4-7,14H,1-3H3. The van der Waals surface area contributed by atoms with Crippen LogP contribution in [0.3, 0.4) is 0 Å². The van der Waals surface area contributed by atoms with Crippen LogP contribution in [0.2, 0.25) is 0 Å². The maximum absolute atomic E-state index is 12.4. The molecule has 0 saturated heterocycles. The monoisotopic (exact) mass is 306 g/mol. The van der Waals surface area contributed by atoms with Crippen LogP contribution in [0.15, 0.2) is 34.0 Å². The third-order valence-electron chi connectivity index (χ3n) is 3.29. The molecule has 2 aromatic heterocycles. The Labute approximate surface area is 120 Å². The van der Waals surface area contributed by atoms with Crippen molar-refractivity contribution in [3.63, 3.8) is 0 Å². The number of benzene rings is 1. The molecule has 0 amide bonds. The quantitative estimate of drug-likeness (QED) is 0.756. The van der Waals surface area contributed by atoms with Crippen LogP contribution in [-0.4, -0.2) is 41.4 Å². The van der Waals surface area contributed by atoms with Gasteiger partial charge in [0.25, 0.3) is 5.56 Å². The van der Waals surface area contributed by atoms with Crippen LogP contribution in [0.25, 0.3) is 16.6 Å². The Morgan fingerprint density at radius 2 is 1.95 bits per heavy atom. The highest BCUT2D eigenvalue weighted by Crippen LogP contribution is 2.18. The number of hydrogen-bond acceptors (Lipinski definition) is 4. The Hall–Kier alpha value is -2.19. The first-order valence-electron chi connectivity index (χ1n) is 6.25. The fourth-order valence-electron chi connectivity index (χ4n) is 2.18. The summed E-state index contributed by atoms with van der Waals surface area (Å²) in [5.74, 6) is 0. The number of aromatic amines is 1. The molecule has 8 heteroatoms. The summed E-state index contributed by atoms with van der Waals surface area (Å²) in [5, 5.41) is 4.39. The number of fused-ring (bicyclic) bond motifs is 2. The summed E-state index contributed by atoms with van der Waals surface area (Å²) in [6.07, 6.45) is 0. The number of aromatic nitrogens is 3. The molecule has 21 heavy (non-hydrogen) atoms. The van der Waals surface area contributed by atoms with E-state index in [0.29, 0.717) is 16.9 Å². The Kier molecular flexibility index (Phi) is 2.89. The van der Waals surface area contributed by atoms with E-state index in [-0.39, 0.29) is 15.8 Å². The van der Waals surface area contributed by atoms with Crippen molar-refractivity contribution in [2.75, 3.05) is 14.1 Å². The highest BCUT2D eigenvalue weighted by Gasteiger charge is 2.18. The van der Waals surface area contributed by atoms with Gasteiger partial charge in [-0.05, 0) is 25.1 Å². The predicted octanol–water partition coefficient (Wildman–Crippen LogP) is 0.735.